The highest BCUT2D eigenvalue weighted by Gasteiger charge is 2.27. The second kappa shape index (κ2) is 6.98. The van der Waals surface area contributed by atoms with E-state index in [-0.39, 0.29) is 25.0 Å². The highest BCUT2D eigenvalue weighted by molar-refractivity contribution is 7.10. The minimum absolute atomic E-state index is 0.150. The number of thiophene rings is 1. The van der Waals surface area contributed by atoms with Crippen molar-refractivity contribution < 1.29 is 19.1 Å². The van der Waals surface area contributed by atoms with Crippen LogP contribution >= 0.6 is 11.3 Å². The standard InChI is InChI=1S/C19H19NO4S/c21-17(20-8-5-13-3-1-2-4-15(13)20)12-24-18(22)11-16-19-14(6-9-23-16)7-10-25-19/h1-4,7,10,16H,5-6,8-9,11-12H2/t16-/m1/s1. The molecule has 0 bridgehead atoms. The third-order valence-corrected chi connectivity index (χ3v) is 5.71. The van der Waals surface area contributed by atoms with Crippen LogP contribution in [0.5, 0.6) is 0 Å². The number of carbonyl (C=O) groups is 2. The number of amides is 1. The summed E-state index contributed by atoms with van der Waals surface area (Å²) in [7, 11) is 0. The summed E-state index contributed by atoms with van der Waals surface area (Å²) in [5.41, 5.74) is 3.32. The maximum absolute atomic E-state index is 12.4. The van der Waals surface area contributed by atoms with Crippen molar-refractivity contribution in [1.29, 1.82) is 0 Å². The van der Waals surface area contributed by atoms with E-state index < -0.39 is 5.97 Å². The monoisotopic (exact) mass is 357 g/mol. The zero-order valence-electron chi connectivity index (χ0n) is 13.8. The molecule has 25 heavy (non-hydrogen) atoms. The maximum Gasteiger partial charge on any atom is 0.309 e. The molecule has 0 radical (unpaired) electrons. The number of esters is 1. The first kappa shape index (κ1) is 16.3. The first-order valence-electron chi connectivity index (χ1n) is 8.44. The van der Waals surface area contributed by atoms with Crippen LogP contribution < -0.4 is 4.90 Å². The van der Waals surface area contributed by atoms with Crippen LogP contribution in [0.3, 0.4) is 0 Å². The van der Waals surface area contributed by atoms with Crippen molar-refractivity contribution in [2.24, 2.45) is 0 Å². The third kappa shape index (κ3) is 3.32. The van der Waals surface area contributed by atoms with Gasteiger partial charge >= 0.3 is 5.97 Å². The summed E-state index contributed by atoms with van der Waals surface area (Å²) in [5, 5.41) is 2.02. The van der Waals surface area contributed by atoms with Gasteiger partial charge in [-0.15, -0.1) is 11.3 Å². The number of anilines is 1. The minimum atomic E-state index is -0.396. The molecular formula is C19H19NO4S. The summed E-state index contributed by atoms with van der Waals surface area (Å²) in [6, 6.07) is 9.91. The van der Waals surface area contributed by atoms with E-state index in [4.69, 9.17) is 9.47 Å². The van der Waals surface area contributed by atoms with Gasteiger partial charge in [0.15, 0.2) is 6.61 Å². The van der Waals surface area contributed by atoms with Crippen molar-refractivity contribution in [2.75, 3.05) is 24.7 Å². The van der Waals surface area contributed by atoms with Crippen LogP contribution in [0.25, 0.3) is 0 Å². The number of para-hydroxylation sites is 1. The number of hydrogen-bond donors (Lipinski definition) is 0. The van der Waals surface area contributed by atoms with Gasteiger partial charge in [0, 0.05) is 17.1 Å². The van der Waals surface area contributed by atoms with Crippen LogP contribution in [0.2, 0.25) is 0 Å². The molecule has 1 atom stereocenters. The molecular weight excluding hydrogens is 338 g/mol. The number of hydrogen-bond acceptors (Lipinski definition) is 5. The molecule has 0 unspecified atom stereocenters. The molecule has 1 amide bonds. The van der Waals surface area contributed by atoms with E-state index in [9.17, 15) is 9.59 Å². The number of rotatable bonds is 4. The van der Waals surface area contributed by atoms with Gasteiger partial charge in [0.05, 0.1) is 13.0 Å². The fourth-order valence-corrected chi connectivity index (χ4v) is 4.41. The molecule has 1 aromatic heterocycles. The maximum atomic E-state index is 12.4. The largest absolute Gasteiger partial charge is 0.455 e. The van der Waals surface area contributed by atoms with E-state index in [1.54, 1.807) is 16.2 Å². The van der Waals surface area contributed by atoms with Gasteiger partial charge in [-0.05, 0) is 41.5 Å². The normalized spacial score (nSPS) is 18.6. The second-order valence-electron chi connectivity index (χ2n) is 6.21. The van der Waals surface area contributed by atoms with E-state index in [2.05, 4.69) is 6.07 Å². The number of benzene rings is 1. The van der Waals surface area contributed by atoms with Crippen molar-refractivity contribution in [3.05, 3.63) is 51.7 Å². The van der Waals surface area contributed by atoms with Gasteiger partial charge in [0.2, 0.25) is 0 Å². The average molecular weight is 357 g/mol. The van der Waals surface area contributed by atoms with E-state index >= 15 is 0 Å². The lowest BCUT2D eigenvalue weighted by atomic mass is 10.1. The highest BCUT2D eigenvalue weighted by atomic mass is 32.1. The Labute approximate surface area is 150 Å². The lowest BCUT2D eigenvalue weighted by Gasteiger charge is -2.22. The number of nitrogens with zero attached hydrogens (tertiary/aromatic N) is 1. The number of carbonyl (C=O) groups excluding carboxylic acids is 2. The zero-order chi connectivity index (χ0) is 17.2. The molecule has 2 aliphatic rings. The molecule has 3 heterocycles. The van der Waals surface area contributed by atoms with Crippen LogP contribution in [-0.2, 0) is 31.9 Å². The van der Waals surface area contributed by atoms with Crippen LogP contribution in [0.4, 0.5) is 5.69 Å². The molecule has 4 rings (SSSR count). The summed E-state index contributed by atoms with van der Waals surface area (Å²) in [4.78, 5) is 27.3. The van der Waals surface area contributed by atoms with Crippen LogP contribution in [0.15, 0.2) is 35.7 Å². The Bertz CT molecular complexity index is 800. The van der Waals surface area contributed by atoms with Gasteiger partial charge in [0.25, 0.3) is 5.91 Å². The van der Waals surface area contributed by atoms with Crippen molar-refractivity contribution in [1.82, 2.24) is 0 Å². The summed E-state index contributed by atoms with van der Waals surface area (Å²) < 4.78 is 10.9. The molecule has 1 aromatic carbocycles. The molecule has 0 saturated heterocycles. The van der Waals surface area contributed by atoms with Crippen molar-refractivity contribution in [3.8, 4) is 0 Å². The summed E-state index contributed by atoms with van der Waals surface area (Å²) >= 11 is 1.60. The van der Waals surface area contributed by atoms with Gasteiger partial charge in [-0.2, -0.15) is 0 Å². The SMILES string of the molecule is O=C(C[C@H]1OCCc2ccsc21)OCC(=O)N1CCc2ccccc21. The summed E-state index contributed by atoms with van der Waals surface area (Å²) in [6.07, 6.45) is 1.63. The number of fused-ring (bicyclic) bond motifs is 2. The third-order valence-electron chi connectivity index (χ3n) is 4.66. The molecule has 5 nitrogen and oxygen atoms in total. The quantitative estimate of drug-likeness (QED) is 0.790. The Morgan fingerprint density at radius 3 is 3.00 bits per heavy atom. The molecule has 0 fully saturated rings. The topological polar surface area (TPSA) is 55.8 Å². The Kier molecular flexibility index (Phi) is 4.55. The smallest absolute Gasteiger partial charge is 0.309 e. The van der Waals surface area contributed by atoms with Crippen molar-refractivity contribution >= 4 is 28.9 Å². The molecule has 0 aliphatic carbocycles. The van der Waals surface area contributed by atoms with Gasteiger partial charge < -0.3 is 14.4 Å². The molecule has 2 aromatic rings. The van der Waals surface area contributed by atoms with Crippen LogP contribution in [0, 0.1) is 0 Å². The van der Waals surface area contributed by atoms with Gasteiger partial charge in [-0.25, -0.2) is 0 Å². The molecule has 0 N–H and O–H groups in total. The highest BCUT2D eigenvalue weighted by Crippen LogP contribution is 2.34. The Morgan fingerprint density at radius 1 is 1.20 bits per heavy atom. The Morgan fingerprint density at radius 2 is 2.08 bits per heavy atom. The molecule has 0 spiro atoms. The first-order chi connectivity index (χ1) is 12.2. The lowest BCUT2D eigenvalue weighted by Crippen LogP contribution is -2.33. The van der Waals surface area contributed by atoms with Crippen LogP contribution in [0.1, 0.15) is 28.5 Å². The zero-order valence-corrected chi connectivity index (χ0v) is 14.6. The Hall–Kier alpha value is -2.18. The molecule has 0 saturated carbocycles. The summed E-state index contributed by atoms with van der Waals surface area (Å²) in [6.45, 7) is 1.03. The van der Waals surface area contributed by atoms with Gasteiger partial charge in [-0.1, -0.05) is 18.2 Å². The minimum Gasteiger partial charge on any atom is -0.455 e. The van der Waals surface area contributed by atoms with Crippen molar-refractivity contribution in [2.45, 2.75) is 25.4 Å². The van der Waals surface area contributed by atoms with E-state index in [0.717, 1.165) is 29.0 Å². The van der Waals surface area contributed by atoms with E-state index in [1.165, 1.54) is 5.56 Å². The predicted octanol–water partition coefficient (Wildman–Crippen LogP) is 2.88. The van der Waals surface area contributed by atoms with Gasteiger partial charge in [0.1, 0.15) is 6.10 Å². The van der Waals surface area contributed by atoms with Crippen molar-refractivity contribution in [3.63, 3.8) is 0 Å². The summed E-state index contributed by atoms with van der Waals surface area (Å²) in [5.74, 6) is -0.577. The predicted molar refractivity (Wildman–Crippen MR) is 94.8 cm³/mol. The lowest BCUT2D eigenvalue weighted by molar-refractivity contribution is -0.150. The second-order valence-corrected chi connectivity index (χ2v) is 7.16. The number of ether oxygens (including phenoxy) is 2. The fourth-order valence-electron chi connectivity index (χ4n) is 3.40. The average Bonchev–Trinajstić information content (AvgIpc) is 3.27. The fraction of sp³-hybridized carbons (Fsp3) is 0.368. The molecule has 130 valence electrons. The van der Waals surface area contributed by atoms with E-state index in [1.807, 2.05) is 29.6 Å². The first-order valence-corrected chi connectivity index (χ1v) is 9.32. The Balaban J connectivity index is 1.32. The van der Waals surface area contributed by atoms with Gasteiger partial charge in [-0.3, -0.25) is 9.59 Å². The van der Waals surface area contributed by atoms with Crippen LogP contribution in [-0.4, -0.2) is 31.6 Å². The van der Waals surface area contributed by atoms with E-state index in [0.29, 0.717) is 13.2 Å². The molecule has 6 heteroatoms. The molecule has 2 aliphatic heterocycles.